The maximum Gasteiger partial charge on any atom is 0.586 e. The first-order chi connectivity index (χ1) is 12.0. The molecule has 0 spiro atoms. The van der Waals surface area contributed by atoms with Gasteiger partial charge in [0.15, 0.2) is 11.5 Å². The molecule has 12 heteroatoms. The largest absolute Gasteiger partial charge is 0.586 e. The summed E-state index contributed by atoms with van der Waals surface area (Å²) in [6.07, 6.45) is -8.63. The smallest absolute Gasteiger partial charge is 0.481 e. The van der Waals surface area contributed by atoms with Crippen molar-refractivity contribution in [2.24, 2.45) is 11.8 Å². The SMILES string of the molecule is O=C(O)[C@@H]1CN(C(=O)Nc2ccc3c(c2)OC(F)(F)O3)C[C@H]1C(F)(F)F. The average molecular weight is 382 g/mol. The van der Waals surface area contributed by atoms with Crippen molar-refractivity contribution in [2.75, 3.05) is 18.4 Å². The molecular formula is C14H11F5N2O5. The molecule has 2 heterocycles. The van der Waals surface area contributed by atoms with Crippen LogP contribution in [-0.4, -0.2) is 47.6 Å². The number of aliphatic carboxylic acids is 1. The van der Waals surface area contributed by atoms with Crippen LogP contribution in [0.5, 0.6) is 11.5 Å². The minimum atomic E-state index is -4.78. The molecule has 2 atom stereocenters. The molecule has 0 unspecified atom stereocenters. The minimum absolute atomic E-state index is 0.0302. The molecule has 0 radical (unpaired) electrons. The van der Waals surface area contributed by atoms with Crippen LogP contribution in [0.2, 0.25) is 0 Å². The van der Waals surface area contributed by atoms with Gasteiger partial charge in [-0.25, -0.2) is 4.79 Å². The van der Waals surface area contributed by atoms with Crippen LogP contribution in [-0.2, 0) is 4.79 Å². The third-order valence-electron chi connectivity index (χ3n) is 4.00. The lowest BCUT2D eigenvalue weighted by Gasteiger charge is -2.18. The van der Waals surface area contributed by atoms with E-state index in [1.807, 2.05) is 0 Å². The van der Waals surface area contributed by atoms with E-state index in [0.717, 1.165) is 12.1 Å². The van der Waals surface area contributed by atoms with Crippen LogP contribution in [0.4, 0.5) is 32.4 Å². The van der Waals surface area contributed by atoms with Gasteiger partial charge < -0.3 is 24.8 Å². The monoisotopic (exact) mass is 382 g/mol. The Bertz CT molecular complexity index is 754. The molecule has 26 heavy (non-hydrogen) atoms. The van der Waals surface area contributed by atoms with Crippen molar-refractivity contribution >= 4 is 17.7 Å². The number of hydrogen-bond acceptors (Lipinski definition) is 4. The van der Waals surface area contributed by atoms with Gasteiger partial charge >= 0.3 is 24.5 Å². The zero-order valence-electron chi connectivity index (χ0n) is 12.7. The van der Waals surface area contributed by atoms with Crippen LogP contribution in [0.25, 0.3) is 0 Å². The molecule has 2 aliphatic heterocycles. The molecule has 2 aliphatic rings. The Morgan fingerprint density at radius 2 is 1.85 bits per heavy atom. The summed E-state index contributed by atoms with van der Waals surface area (Å²) in [5.74, 6) is -6.26. The van der Waals surface area contributed by atoms with Gasteiger partial charge in [0.2, 0.25) is 0 Å². The van der Waals surface area contributed by atoms with E-state index >= 15 is 0 Å². The summed E-state index contributed by atoms with van der Waals surface area (Å²) in [4.78, 5) is 23.8. The Morgan fingerprint density at radius 3 is 2.42 bits per heavy atom. The second-order valence-electron chi connectivity index (χ2n) is 5.76. The second kappa shape index (κ2) is 5.88. The van der Waals surface area contributed by atoms with E-state index in [1.165, 1.54) is 6.07 Å². The summed E-state index contributed by atoms with van der Waals surface area (Å²) < 4.78 is 73.1. The fourth-order valence-corrected chi connectivity index (χ4v) is 2.78. The number of rotatable bonds is 2. The number of fused-ring (bicyclic) bond motifs is 1. The van der Waals surface area contributed by atoms with Crippen molar-refractivity contribution < 1.29 is 46.1 Å². The number of benzene rings is 1. The van der Waals surface area contributed by atoms with Crippen LogP contribution in [0.1, 0.15) is 0 Å². The molecule has 0 saturated carbocycles. The van der Waals surface area contributed by atoms with E-state index in [2.05, 4.69) is 14.8 Å². The number of hydrogen-bond donors (Lipinski definition) is 2. The highest BCUT2D eigenvalue weighted by atomic mass is 19.4. The standard InChI is InChI=1S/C14H11F5N2O5/c15-13(16,17)8-5-21(4-7(8)11(22)23)12(24)20-6-1-2-9-10(3-6)26-14(18,19)25-9/h1-3,7-8H,4-5H2,(H,20,24)(H,22,23)/t7-,8-/m1/s1. The minimum Gasteiger partial charge on any atom is -0.481 e. The molecule has 0 bridgehead atoms. The summed E-state index contributed by atoms with van der Waals surface area (Å²) in [6, 6.07) is 2.30. The number of carbonyl (C=O) groups excluding carboxylic acids is 1. The summed E-state index contributed by atoms with van der Waals surface area (Å²) in [5, 5.41) is 11.1. The van der Waals surface area contributed by atoms with Crippen LogP contribution in [0.15, 0.2) is 18.2 Å². The number of urea groups is 1. The molecule has 1 aromatic rings. The van der Waals surface area contributed by atoms with E-state index in [4.69, 9.17) is 5.11 Å². The number of amides is 2. The first kappa shape index (κ1) is 18.0. The van der Waals surface area contributed by atoms with Crippen LogP contribution >= 0.6 is 0 Å². The van der Waals surface area contributed by atoms with Gasteiger partial charge in [-0.2, -0.15) is 13.2 Å². The third kappa shape index (κ3) is 3.44. The van der Waals surface area contributed by atoms with Crippen molar-refractivity contribution in [2.45, 2.75) is 12.5 Å². The molecule has 0 aliphatic carbocycles. The molecule has 1 saturated heterocycles. The molecule has 7 nitrogen and oxygen atoms in total. The number of carbonyl (C=O) groups is 2. The Balaban J connectivity index is 1.71. The Morgan fingerprint density at radius 1 is 1.19 bits per heavy atom. The number of carboxylic acids is 1. The maximum atomic E-state index is 12.9. The number of nitrogens with zero attached hydrogens (tertiary/aromatic N) is 1. The van der Waals surface area contributed by atoms with E-state index in [0.29, 0.717) is 4.90 Å². The molecule has 2 N–H and O–H groups in total. The molecule has 2 amide bonds. The lowest BCUT2D eigenvalue weighted by Crippen LogP contribution is -2.35. The Labute approximate surface area is 142 Å². The zero-order chi connectivity index (χ0) is 19.3. The van der Waals surface area contributed by atoms with Gasteiger partial charge in [0.05, 0.1) is 11.8 Å². The van der Waals surface area contributed by atoms with Crippen molar-refractivity contribution in [3.8, 4) is 11.5 Å². The number of nitrogens with one attached hydrogen (secondary N) is 1. The zero-order valence-corrected chi connectivity index (χ0v) is 12.7. The van der Waals surface area contributed by atoms with Crippen molar-refractivity contribution in [3.05, 3.63) is 18.2 Å². The van der Waals surface area contributed by atoms with Crippen LogP contribution in [0.3, 0.4) is 0 Å². The van der Waals surface area contributed by atoms with E-state index in [1.54, 1.807) is 0 Å². The number of halogens is 5. The highest BCUT2D eigenvalue weighted by Gasteiger charge is 2.53. The topological polar surface area (TPSA) is 88.1 Å². The van der Waals surface area contributed by atoms with Crippen LogP contribution in [0, 0.1) is 11.8 Å². The van der Waals surface area contributed by atoms with Crippen molar-refractivity contribution in [1.29, 1.82) is 0 Å². The quantitative estimate of drug-likeness (QED) is 0.768. The number of alkyl halides is 5. The van der Waals surface area contributed by atoms with E-state index < -0.39 is 49.4 Å². The lowest BCUT2D eigenvalue weighted by molar-refractivity contribution is -0.286. The Hall–Kier alpha value is -2.79. The fourth-order valence-electron chi connectivity index (χ4n) is 2.78. The second-order valence-corrected chi connectivity index (χ2v) is 5.76. The van der Waals surface area contributed by atoms with Gasteiger partial charge in [-0.05, 0) is 12.1 Å². The van der Waals surface area contributed by atoms with E-state index in [-0.39, 0.29) is 17.2 Å². The summed E-state index contributed by atoms with van der Waals surface area (Å²) >= 11 is 0. The Kier molecular flexibility index (Phi) is 4.08. The first-order valence-electron chi connectivity index (χ1n) is 7.21. The van der Waals surface area contributed by atoms with Crippen molar-refractivity contribution in [1.82, 2.24) is 4.90 Å². The summed E-state index contributed by atoms with van der Waals surface area (Å²) in [5.41, 5.74) is -0.0302. The number of anilines is 1. The average Bonchev–Trinajstić information content (AvgIpc) is 3.06. The predicted molar refractivity (Wildman–Crippen MR) is 73.9 cm³/mol. The molecule has 0 aromatic heterocycles. The summed E-state index contributed by atoms with van der Waals surface area (Å²) in [6.45, 7) is -1.46. The molecular weight excluding hydrogens is 371 g/mol. The lowest BCUT2D eigenvalue weighted by atomic mass is 9.96. The van der Waals surface area contributed by atoms with Gasteiger partial charge in [-0.1, -0.05) is 0 Å². The molecule has 1 fully saturated rings. The molecule has 3 rings (SSSR count). The number of likely N-dealkylation sites (tertiary alicyclic amines) is 1. The van der Waals surface area contributed by atoms with Gasteiger partial charge in [0, 0.05) is 24.8 Å². The van der Waals surface area contributed by atoms with Gasteiger partial charge in [-0.15, -0.1) is 8.78 Å². The highest BCUT2D eigenvalue weighted by Crippen LogP contribution is 2.42. The van der Waals surface area contributed by atoms with Gasteiger partial charge in [0.25, 0.3) is 0 Å². The van der Waals surface area contributed by atoms with Gasteiger partial charge in [-0.3, -0.25) is 4.79 Å². The third-order valence-corrected chi connectivity index (χ3v) is 4.00. The predicted octanol–water partition coefficient (Wildman–Crippen LogP) is 2.73. The number of ether oxygens (including phenoxy) is 2. The van der Waals surface area contributed by atoms with Gasteiger partial charge in [0.1, 0.15) is 0 Å². The van der Waals surface area contributed by atoms with E-state index in [9.17, 15) is 31.5 Å². The molecule has 1 aromatic carbocycles. The fraction of sp³-hybridized carbons (Fsp3) is 0.429. The number of carboxylic acid groups (broad SMARTS) is 1. The highest BCUT2D eigenvalue weighted by molar-refractivity contribution is 5.90. The first-order valence-corrected chi connectivity index (χ1v) is 7.21. The normalized spacial score (nSPS) is 23.8. The maximum absolute atomic E-state index is 12.9. The van der Waals surface area contributed by atoms with Crippen molar-refractivity contribution in [3.63, 3.8) is 0 Å². The van der Waals surface area contributed by atoms with Crippen LogP contribution < -0.4 is 14.8 Å². The summed E-state index contributed by atoms with van der Waals surface area (Å²) in [7, 11) is 0. The molecule has 142 valence electrons.